The molecule has 106 valence electrons. The molecule has 0 fully saturated rings. The summed E-state index contributed by atoms with van der Waals surface area (Å²) in [5, 5.41) is 9.15. The zero-order valence-electron chi connectivity index (χ0n) is 10.9. The lowest BCUT2D eigenvalue weighted by Crippen LogP contribution is -2.29. The SMILES string of the molecule is OCc1ccc(F)c(CN2CCc3sc(Br)cc3C2)c1. The average molecular weight is 356 g/mol. The second kappa shape index (κ2) is 5.93. The third-order valence-electron chi connectivity index (χ3n) is 3.60. The zero-order chi connectivity index (χ0) is 14.1. The van der Waals surface area contributed by atoms with E-state index in [-0.39, 0.29) is 12.4 Å². The molecule has 2 nitrogen and oxygen atoms in total. The van der Waals surface area contributed by atoms with Gasteiger partial charge in [-0.1, -0.05) is 6.07 Å². The van der Waals surface area contributed by atoms with Crippen molar-refractivity contribution in [2.75, 3.05) is 6.54 Å². The van der Waals surface area contributed by atoms with Gasteiger partial charge >= 0.3 is 0 Å². The number of nitrogens with zero attached hydrogens (tertiary/aromatic N) is 1. The molecule has 0 atom stereocenters. The van der Waals surface area contributed by atoms with E-state index in [2.05, 4.69) is 26.9 Å². The van der Waals surface area contributed by atoms with Crippen LogP contribution in [0.2, 0.25) is 0 Å². The van der Waals surface area contributed by atoms with Crippen molar-refractivity contribution in [1.29, 1.82) is 0 Å². The Morgan fingerprint density at radius 3 is 3.00 bits per heavy atom. The highest BCUT2D eigenvalue weighted by atomic mass is 79.9. The summed E-state index contributed by atoms with van der Waals surface area (Å²) >= 11 is 5.31. The van der Waals surface area contributed by atoms with E-state index in [0.29, 0.717) is 12.1 Å². The molecule has 1 aliphatic rings. The molecule has 0 unspecified atom stereocenters. The summed E-state index contributed by atoms with van der Waals surface area (Å²) in [5.41, 5.74) is 2.76. The van der Waals surface area contributed by atoms with Crippen LogP contribution >= 0.6 is 27.3 Å². The smallest absolute Gasteiger partial charge is 0.127 e. The monoisotopic (exact) mass is 355 g/mol. The van der Waals surface area contributed by atoms with Crippen molar-refractivity contribution in [1.82, 2.24) is 4.90 Å². The Morgan fingerprint density at radius 2 is 2.20 bits per heavy atom. The van der Waals surface area contributed by atoms with E-state index in [1.165, 1.54) is 16.5 Å². The predicted octanol–water partition coefficient (Wildman–Crippen LogP) is 3.70. The van der Waals surface area contributed by atoms with Crippen molar-refractivity contribution in [3.05, 3.63) is 55.4 Å². The van der Waals surface area contributed by atoms with E-state index in [1.54, 1.807) is 23.5 Å². The van der Waals surface area contributed by atoms with Crippen LogP contribution in [0.3, 0.4) is 0 Å². The third kappa shape index (κ3) is 2.96. The first-order valence-electron chi connectivity index (χ1n) is 6.53. The third-order valence-corrected chi connectivity index (χ3v) is 5.34. The van der Waals surface area contributed by atoms with Gasteiger partial charge < -0.3 is 5.11 Å². The maximum atomic E-state index is 13.8. The Hall–Kier alpha value is -0.750. The molecule has 3 rings (SSSR count). The van der Waals surface area contributed by atoms with E-state index < -0.39 is 0 Å². The van der Waals surface area contributed by atoms with E-state index in [1.807, 2.05) is 0 Å². The fourth-order valence-electron chi connectivity index (χ4n) is 2.58. The normalized spacial score (nSPS) is 15.3. The van der Waals surface area contributed by atoms with E-state index in [4.69, 9.17) is 5.11 Å². The van der Waals surface area contributed by atoms with Crippen LogP contribution in [-0.2, 0) is 26.1 Å². The molecular formula is C15H15BrFNOS. The van der Waals surface area contributed by atoms with E-state index in [9.17, 15) is 4.39 Å². The topological polar surface area (TPSA) is 23.5 Å². The lowest BCUT2D eigenvalue weighted by Gasteiger charge is -2.27. The molecule has 1 aliphatic heterocycles. The zero-order valence-corrected chi connectivity index (χ0v) is 13.3. The Balaban J connectivity index is 1.76. The van der Waals surface area contributed by atoms with Gasteiger partial charge in [0.15, 0.2) is 0 Å². The molecule has 1 N–H and O–H groups in total. The predicted molar refractivity (Wildman–Crippen MR) is 82.2 cm³/mol. The van der Waals surface area contributed by atoms with Gasteiger partial charge in [-0.3, -0.25) is 4.90 Å². The molecule has 2 aromatic rings. The number of fused-ring (bicyclic) bond motifs is 1. The van der Waals surface area contributed by atoms with Gasteiger partial charge in [-0.15, -0.1) is 11.3 Å². The minimum absolute atomic E-state index is 0.0467. The van der Waals surface area contributed by atoms with Crippen LogP contribution in [0.4, 0.5) is 4.39 Å². The number of thiophene rings is 1. The average Bonchev–Trinajstić information content (AvgIpc) is 2.80. The van der Waals surface area contributed by atoms with Crippen LogP contribution < -0.4 is 0 Å². The molecule has 5 heteroatoms. The van der Waals surface area contributed by atoms with Crippen LogP contribution in [0.25, 0.3) is 0 Å². The summed E-state index contributed by atoms with van der Waals surface area (Å²) in [6.45, 7) is 2.35. The molecule has 1 aromatic heterocycles. The highest BCUT2D eigenvalue weighted by Crippen LogP contribution is 2.32. The van der Waals surface area contributed by atoms with E-state index >= 15 is 0 Å². The summed E-state index contributed by atoms with van der Waals surface area (Å²) in [7, 11) is 0. The van der Waals surface area contributed by atoms with Crippen LogP contribution in [0.5, 0.6) is 0 Å². The van der Waals surface area contributed by atoms with Crippen molar-refractivity contribution < 1.29 is 9.50 Å². The Labute approximate surface area is 130 Å². The first-order chi connectivity index (χ1) is 9.65. The number of aliphatic hydroxyl groups excluding tert-OH is 1. The molecule has 0 radical (unpaired) electrons. The highest BCUT2D eigenvalue weighted by molar-refractivity contribution is 9.11. The maximum absolute atomic E-state index is 13.8. The number of hydrogen-bond acceptors (Lipinski definition) is 3. The van der Waals surface area contributed by atoms with Gasteiger partial charge in [-0.05, 0) is 51.7 Å². The number of rotatable bonds is 3. The summed E-state index contributed by atoms with van der Waals surface area (Å²) < 4.78 is 15.0. The van der Waals surface area contributed by atoms with Crippen molar-refractivity contribution in [3.8, 4) is 0 Å². The second-order valence-electron chi connectivity index (χ2n) is 5.04. The Kier molecular flexibility index (Phi) is 4.21. The number of aliphatic hydroxyl groups is 1. The van der Waals surface area contributed by atoms with Gasteiger partial charge in [0, 0.05) is 30.1 Å². The molecular weight excluding hydrogens is 341 g/mol. The molecule has 0 amide bonds. The number of benzene rings is 1. The van der Waals surface area contributed by atoms with Crippen molar-refractivity contribution in [3.63, 3.8) is 0 Å². The number of hydrogen-bond donors (Lipinski definition) is 1. The fourth-order valence-corrected chi connectivity index (χ4v) is 4.33. The molecule has 1 aromatic carbocycles. The maximum Gasteiger partial charge on any atom is 0.127 e. The van der Waals surface area contributed by atoms with Gasteiger partial charge in [0.25, 0.3) is 0 Å². The van der Waals surface area contributed by atoms with Crippen molar-refractivity contribution >= 4 is 27.3 Å². The molecule has 20 heavy (non-hydrogen) atoms. The summed E-state index contributed by atoms with van der Waals surface area (Å²) in [6, 6.07) is 6.99. The van der Waals surface area contributed by atoms with Crippen molar-refractivity contribution in [2.24, 2.45) is 0 Å². The lowest BCUT2D eigenvalue weighted by molar-refractivity contribution is 0.243. The quantitative estimate of drug-likeness (QED) is 0.907. The van der Waals surface area contributed by atoms with Gasteiger partial charge in [-0.2, -0.15) is 0 Å². The summed E-state index contributed by atoms with van der Waals surface area (Å²) in [4.78, 5) is 3.68. The minimum atomic E-state index is -0.195. The Bertz CT molecular complexity index is 628. The summed E-state index contributed by atoms with van der Waals surface area (Å²) in [6.07, 6.45) is 1.02. The molecule has 0 saturated heterocycles. The standard InChI is InChI=1S/C15H15BrFNOS/c16-15-6-12-8-18(4-3-14(12)20-15)7-11-5-10(9-19)1-2-13(11)17/h1-2,5-6,19H,3-4,7-9H2. The molecule has 0 aliphatic carbocycles. The molecule has 0 spiro atoms. The second-order valence-corrected chi connectivity index (χ2v) is 7.56. The summed E-state index contributed by atoms with van der Waals surface area (Å²) in [5.74, 6) is -0.195. The number of halogens is 2. The van der Waals surface area contributed by atoms with Gasteiger partial charge in [0.2, 0.25) is 0 Å². The van der Waals surface area contributed by atoms with Crippen molar-refractivity contribution in [2.45, 2.75) is 26.1 Å². The van der Waals surface area contributed by atoms with Crippen LogP contribution in [0.15, 0.2) is 28.1 Å². The molecule has 2 heterocycles. The molecule has 0 saturated carbocycles. The van der Waals surface area contributed by atoms with Crippen LogP contribution in [0, 0.1) is 5.82 Å². The van der Waals surface area contributed by atoms with Gasteiger partial charge in [0.05, 0.1) is 10.4 Å². The van der Waals surface area contributed by atoms with Crippen LogP contribution in [0.1, 0.15) is 21.6 Å². The highest BCUT2D eigenvalue weighted by Gasteiger charge is 2.19. The fraction of sp³-hybridized carbons (Fsp3) is 0.333. The first-order valence-corrected chi connectivity index (χ1v) is 8.14. The van der Waals surface area contributed by atoms with Crippen LogP contribution in [-0.4, -0.2) is 16.6 Å². The minimum Gasteiger partial charge on any atom is -0.392 e. The first kappa shape index (κ1) is 14.2. The van der Waals surface area contributed by atoms with Gasteiger partial charge in [-0.25, -0.2) is 4.39 Å². The molecule has 0 bridgehead atoms. The largest absolute Gasteiger partial charge is 0.392 e. The Morgan fingerprint density at radius 1 is 1.35 bits per heavy atom. The van der Waals surface area contributed by atoms with E-state index in [0.717, 1.165) is 28.9 Å². The van der Waals surface area contributed by atoms with Gasteiger partial charge in [0.1, 0.15) is 5.82 Å². The lowest BCUT2D eigenvalue weighted by atomic mass is 10.1.